The van der Waals surface area contributed by atoms with Gasteiger partial charge in [-0.3, -0.25) is 4.79 Å². The molecule has 0 aromatic rings. The Bertz CT molecular complexity index is 930. The molecule has 1 aliphatic rings. The first-order chi connectivity index (χ1) is 27.3. The smallest absolute Gasteiger partial charge is 0.220 e. The van der Waals surface area contributed by atoms with Crippen molar-refractivity contribution in [2.24, 2.45) is 0 Å². The number of ether oxygens (including phenoxy) is 2. The van der Waals surface area contributed by atoms with Crippen LogP contribution in [0.25, 0.3) is 0 Å². The highest BCUT2D eigenvalue weighted by molar-refractivity contribution is 5.76. The summed E-state index contributed by atoms with van der Waals surface area (Å²) in [6.07, 6.45) is 37.9. The Morgan fingerprint density at radius 2 is 1.00 bits per heavy atom. The zero-order valence-electron chi connectivity index (χ0n) is 36.1. The number of hydrogen-bond acceptors (Lipinski definition) is 8. The van der Waals surface area contributed by atoms with E-state index in [1.54, 1.807) is 6.08 Å². The fourth-order valence-corrected chi connectivity index (χ4v) is 7.44. The first-order valence-electron chi connectivity index (χ1n) is 23.6. The second-order valence-corrected chi connectivity index (χ2v) is 16.5. The molecule has 0 saturated carbocycles. The van der Waals surface area contributed by atoms with Gasteiger partial charge in [0.2, 0.25) is 5.91 Å². The van der Waals surface area contributed by atoms with Gasteiger partial charge >= 0.3 is 0 Å². The van der Waals surface area contributed by atoms with Crippen LogP contribution in [0.1, 0.15) is 213 Å². The zero-order valence-corrected chi connectivity index (χ0v) is 36.1. The van der Waals surface area contributed by atoms with Gasteiger partial charge in [-0.2, -0.15) is 0 Å². The SMILES string of the molecule is CCCCCCCC/C=C/CCCCCCCCCCCCCC(=O)N[C@@H](CO[C@H]1O[C@@H](CO)[C@H](O)C(O)C1O)[C@H](O)/C=C/CCCCCCCCCCCC. The molecule has 56 heavy (non-hydrogen) atoms. The number of allylic oxidation sites excluding steroid dienone is 3. The highest BCUT2D eigenvalue weighted by Gasteiger charge is 2.44. The van der Waals surface area contributed by atoms with Gasteiger partial charge in [0.05, 0.1) is 25.4 Å². The third-order valence-electron chi connectivity index (χ3n) is 11.3. The lowest BCUT2D eigenvalue weighted by molar-refractivity contribution is -0.302. The van der Waals surface area contributed by atoms with Crippen LogP contribution in [0, 0.1) is 0 Å². The topological polar surface area (TPSA) is 149 Å². The first-order valence-corrected chi connectivity index (χ1v) is 23.6. The Balaban J connectivity index is 2.29. The van der Waals surface area contributed by atoms with E-state index in [4.69, 9.17) is 9.47 Å². The molecule has 1 aliphatic heterocycles. The van der Waals surface area contributed by atoms with Crippen molar-refractivity contribution in [2.75, 3.05) is 13.2 Å². The van der Waals surface area contributed by atoms with Crippen LogP contribution >= 0.6 is 0 Å². The van der Waals surface area contributed by atoms with Crippen LogP contribution in [0.2, 0.25) is 0 Å². The van der Waals surface area contributed by atoms with Crippen molar-refractivity contribution in [3.05, 3.63) is 24.3 Å². The average molecular weight is 796 g/mol. The molecule has 9 heteroatoms. The summed E-state index contributed by atoms with van der Waals surface area (Å²) in [5, 5.41) is 54.1. The highest BCUT2D eigenvalue weighted by atomic mass is 16.7. The Hall–Kier alpha value is -1.33. The van der Waals surface area contributed by atoms with E-state index in [2.05, 4.69) is 31.3 Å². The number of carbonyl (C=O) groups is 1. The minimum Gasteiger partial charge on any atom is -0.394 e. The molecule has 1 rings (SSSR count). The van der Waals surface area contributed by atoms with E-state index in [-0.39, 0.29) is 12.5 Å². The predicted molar refractivity (Wildman–Crippen MR) is 230 cm³/mol. The molecular weight excluding hydrogens is 707 g/mol. The standard InChI is InChI=1S/C47H89NO8/c1-3-5-7-9-11-13-15-17-18-19-20-21-22-23-24-25-27-29-31-33-35-37-43(51)48-40(39-55-47-46(54)45(53)44(52)42(38-49)56-47)41(50)36-34-32-30-28-26-16-14-12-10-8-6-4-2/h17-18,34,36,40-42,44-47,49-50,52-54H,3-16,19-33,35,37-39H2,1-2H3,(H,48,51)/b18-17+,36-34+/t40-,41+,42-,44-,45?,46?,47-/m0/s1. The number of unbranched alkanes of at least 4 members (excludes halogenated alkanes) is 27. The molecule has 0 radical (unpaired) electrons. The number of aliphatic hydroxyl groups excluding tert-OH is 5. The molecule has 0 aliphatic carbocycles. The normalized spacial score (nSPS) is 21.3. The molecule has 0 aromatic heterocycles. The Morgan fingerprint density at radius 1 is 0.589 bits per heavy atom. The van der Waals surface area contributed by atoms with Gasteiger partial charge in [-0.05, 0) is 44.9 Å². The number of carbonyl (C=O) groups excluding carboxylic acids is 1. The van der Waals surface area contributed by atoms with Crippen LogP contribution in [0.4, 0.5) is 0 Å². The average Bonchev–Trinajstić information content (AvgIpc) is 3.20. The van der Waals surface area contributed by atoms with Crippen molar-refractivity contribution < 1.29 is 39.8 Å². The molecule has 1 amide bonds. The molecule has 7 atom stereocenters. The fraction of sp³-hybridized carbons (Fsp3) is 0.894. The van der Waals surface area contributed by atoms with Gasteiger partial charge in [0, 0.05) is 6.42 Å². The zero-order chi connectivity index (χ0) is 40.9. The number of amides is 1. The van der Waals surface area contributed by atoms with Crippen LogP contribution in [0.5, 0.6) is 0 Å². The Kier molecular flexibility index (Phi) is 35.7. The van der Waals surface area contributed by atoms with Crippen LogP contribution in [-0.2, 0) is 14.3 Å². The molecule has 9 nitrogen and oxygen atoms in total. The van der Waals surface area contributed by atoms with Gasteiger partial charge < -0.3 is 40.3 Å². The van der Waals surface area contributed by atoms with Crippen LogP contribution in [0.15, 0.2) is 24.3 Å². The van der Waals surface area contributed by atoms with Gasteiger partial charge in [-0.1, -0.05) is 186 Å². The van der Waals surface area contributed by atoms with Crippen LogP contribution < -0.4 is 5.32 Å². The maximum atomic E-state index is 13.0. The molecule has 6 N–H and O–H groups in total. The van der Waals surface area contributed by atoms with E-state index in [1.807, 2.05) is 6.08 Å². The van der Waals surface area contributed by atoms with Crippen molar-refractivity contribution in [3.63, 3.8) is 0 Å². The lowest BCUT2D eigenvalue weighted by Crippen LogP contribution is -2.60. The maximum Gasteiger partial charge on any atom is 0.220 e. The summed E-state index contributed by atoms with van der Waals surface area (Å²) in [6, 6.07) is -0.801. The largest absolute Gasteiger partial charge is 0.394 e. The molecule has 2 unspecified atom stereocenters. The quantitative estimate of drug-likeness (QED) is 0.0266. The summed E-state index contributed by atoms with van der Waals surface area (Å²) in [7, 11) is 0. The lowest BCUT2D eigenvalue weighted by atomic mass is 9.99. The van der Waals surface area contributed by atoms with E-state index in [0.29, 0.717) is 6.42 Å². The van der Waals surface area contributed by atoms with Crippen molar-refractivity contribution in [1.82, 2.24) is 5.32 Å². The fourth-order valence-electron chi connectivity index (χ4n) is 7.44. The van der Waals surface area contributed by atoms with Gasteiger partial charge in [-0.25, -0.2) is 0 Å². The third-order valence-corrected chi connectivity index (χ3v) is 11.3. The van der Waals surface area contributed by atoms with Crippen LogP contribution in [0.3, 0.4) is 0 Å². The minimum absolute atomic E-state index is 0.178. The monoisotopic (exact) mass is 796 g/mol. The molecule has 1 heterocycles. The number of aliphatic hydroxyl groups is 5. The molecular formula is C47H89NO8. The molecule has 0 spiro atoms. The van der Waals surface area contributed by atoms with Crippen molar-refractivity contribution >= 4 is 5.91 Å². The van der Waals surface area contributed by atoms with Crippen molar-refractivity contribution in [2.45, 2.75) is 256 Å². The van der Waals surface area contributed by atoms with Gasteiger partial charge in [0.15, 0.2) is 6.29 Å². The molecule has 0 bridgehead atoms. The summed E-state index contributed by atoms with van der Waals surface area (Å²) in [5.41, 5.74) is 0. The second-order valence-electron chi connectivity index (χ2n) is 16.5. The first kappa shape index (κ1) is 52.7. The van der Waals surface area contributed by atoms with Crippen molar-refractivity contribution in [3.8, 4) is 0 Å². The van der Waals surface area contributed by atoms with E-state index in [9.17, 15) is 30.3 Å². The molecule has 0 aromatic carbocycles. The van der Waals surface area contributed by atoms with E-state index >= 15 is 0 Å². The Morgan fingerprint density at radius 3 is 1.45 bits per heavy atom. The van der Waals surface area contributed by atoms with Gasteiger partial charge in [0.25, 0.3) is 0 Å². The number of hydrogen-bond donors (Lipinski definition) is 6. The summed E-state index contributed by atoms with van der Waals surface area (Å²) in [5.74, 6) is -0.178. The molecule has 1 fully saturated rings. The van der Waals surface area contributed by atoms with Crippen molar-refractivity contribution in [1.29, 1.82) is 0 Å². The molecule has 1 saturated heterocycles. The minimum atomic E-state index is -1.56. The summed E-state index contributed by atoms with van der Waals surface area (Å²) in [4.78, 5) is 13.0. The van der Waals surface area contributed by atoms with E-state index in [0.717, 1.165) is 38.5 Å². The summed E-state index contributed by atoms with van der Waals surface area (Å²) < 4.78 is 11.2. The highest BCUT2D eigenvalue weighted by Crippen LogP contribution is 2.23. The van der Waals surface area contributed by atoms with Gasteiger partial charge in [-0.15, -0.1) is 0 Å². The lowest BCUT2D eigenvalue weighted by Gasteiger charge is -2.40. The number of nitrogens with one attached hydrogen (secondary N) is 1. The molecule has 330 valence electrons. The van der Waals surface area contributed by atoms with Gasteiger partial charge in [0.1, 0.15) is 24.4 Å². The summed E-state index contributed by atoms with van der Waals surface area (Å²) >= 11 is 0. The number of rotatable bonds is 39. The second kappa shape index (κ2) is 37.9. The van der Waals surface area contributed by atoms with Crippen LogP contribution in [-0.4, -0.2) is 87.5 Å². The predicted octanol–water partition coefficient (Wildman–Crippen LogP) is 9.89. The maximum absolute atomic E-state index is 13.0. The van der Waals surface area contributed by atoms with E-state index < -0.39 is 49.5 Å². The third kappa shape index (κ3) is 28.2. The van der Waals surface area contributed by atoms with E-state index in [1.165, 1.54) is 154 Å². The Labute approximate surface area is 343 Å². The summed E-state index contributed by atoms with van der Waals surface area (Å²) in [6.45, 7) is 3.76.